The van der Waals surface area contributed by atoms with Crippen molar-refractivity contribution in [2.75, 3.05) is 0 Å². The summed E-state index contributed by atoms with van der Waals surface area (Å²) in [5.41, 5.74) is 4.04. The highest BCUT2D eigenvalue weighted by molar-refractivity contribution is 5.92. The molecular formula is C25H34O3. The lowest BCUT2D eigenvalue weighted by Gasteiger charge is -2.46. The predicted molar refractivity (Wildman–Crippen MR) is 111 cm³/mol. The van der Waals surface area contributed by atoms with Gasteiger partial charge in [0, 0.05) is 12.3 Å². The number of hydrogen-bond acceptors (Lipinski definition) is 3. The summed E-state index contributed by atoms with van der Waals surface area (Å²) in [6, 6.07) is 0. The van der Waals surface area contributed by atoms with Gasteiger partial charge in [0.1, 0.15) is 6.10 Å². The Kier molecular flexibility index (Phi) is 4.71. The van der Waals surface area contributed by atoms with Gasteiger partial charge in [0.05, 0.1) is 5.41 Å². The van der Waals surface area contributed by atoms with Crippen molar-refractivity contribution < 1.29 is 14.3 Å². The maximum atomic E-state index is 12.4. The highest BCUT2D eigenvalue weighted by Crippen LogP contribution is 2.60. The first-order chi connectivity index (χ1) is 13.1. The van der Waals surface area contributed by atoms with E-state index >= 15 is 0 Å². The van der Waals surface area contributed by atoms with Crippen LogP contribution in [0.15, 0.2) is 34.9 Å². The quantitative estimate of drug-likeness (QED) is 0.587. The molecule has 3 heteroatoms. The topological polar surface area (TPSA) is 43.4 Å². The standard InChI is InChI=1S/C25H34O3/c1-15(28-23(27)24(2,3)4)21-10-11-22-20-8-6-16-14-17(26)7-9-18(16)19(20)12-13-25(21,22)5/h6,8,14-15,18-19,21H,7,9-13H2,1-5H3/t15-,18-,19+,21+,25+/m0/s1. The molecule has 0 heterocycles. The molecule has 3 nitrogen and oxygen atoms in total. The Morgan fingerprint density at radius 2 is 1.89 bits per heavy atom. The highest BCUT2D eigenvalue weighted by Gasteiger charge is 2.51. The Bertz CT molecular complexity index is 791. The molecule has 4 aliphatic carbocycles. The fourth-order valence-electron chi connectivity index (χ4n) is 6.22. The smallest absolute Gasteiger partial charge is 0.311 e. The van der Waals surface area contributed by atoms with Crippen LogP contribution in [0.3, 0.4) is 0 Å². The molecule has 28 heavy (non-hydrogen) atoms. The average Bonchev–Trinajstić information content (AvgIpc) is 2.97. The maximum Gasteiger partial charge on any atom is 0.311 e. The summed E-state index contributed by atoms with van der Waals surface area (Å²) in [7, 11) is 0. The van der Waals surface area contributed by atoms with Crippen molar-refractivity contribution in [3.63, 3.8) is 0 Å². The zero-order valence-electron chi connectivity index (χ0n) is 18.0. The van der Waals surface area contributed by atoms with E-state index in [9.17, 15) is 9.59 Å². The Balaban J connectivity index is 1.62. The van der Waals surface area contributed by atoms with E-state index in [-0.39, 0.29) is 23.3 Å². The third kappa shape index (κ3) is 3.11. The summed E-state index contributed by atoms with van der Waals surface area (Å²) in [6.07, 6.45) is 12.6. The molecule has 1 saturated carbocycles. The van der Waals surface area contributed by atoms with E-state index in [1.807, 2.05) is 26.8 Å². The van der Waals surface area contributed by atoms with Crippen LogP contribution in [-0.4, -0.2) is 17.9 Å². The van der Waals surface area contributed by atoms with Crippen molar-refractivity contribution in [1.82, 2.24) is 0 Å². The molecule has 0 bridgehead atoms. The van der Waals surface area contributed by atoms with Crippen LogP contribution in [0, 0.1) is 28.6 Å². The van der Waals surface area contributed by atoms with Gasteiger partial charge in [-0.1, -0.05) is 24.6 Å². The lowest BCUT2D eigenvalue weighted by atomic mass is 9.59. The number of rotatable bonds is 2. The monoisotopic (exact) mass is 382 g/mol. The molecule has 4 aliphatic rings. The third-order valence-electron chi connectivity index (χ3n) is 7.81. The third-order valence-corrected chi connectivity index (χ3v) is 7.81. The van der Waals surface area contributed by atoms with Crippen LogP contribution in [0.5, 0.6) is 0 Å². The first-order valence-corrected chi connectivity index (χ1v) is 11.0. The minimum Gasteiger partial charge on any atom is -0.462 e. The molecule has 0 saturated heterocycles. The molecule has 0 aromatic carbocycles. The van der Waals surface area contributed by atoms with Crippen molar-refractivity contribution in [2.45, 2.75) is 79.2 Å². The fourth-order valence-corrected chi connectivity index (χ4v) is 6.22. The predicted octanol–water partition coefficient (Wildman–Crippen LogP) is 5.56. The van der Waals surface area contributed by atoms with Gasteiger partial charge in [0.2, 0.25) is 0 Å². The first-order valence-electron chi connectivity index (χ1n) is 11.0. The van der Waals surface area contributed by atoms with Gasteiger partial charge in [-0.15, -0.1) is 0 Å². The van der Waals surface area contributed by atoms with E-state index in [2.05, 4.69) is 26.0 Å². The molecule has 0 spiro atoms. The van der Waals surface area contributed by atoms with Crippen LogP contribution < -0.4 is 0 Å². The molecule has 0 aromatic heterocycles. The van der Waals surface area contributed by atoms with Crippen LogP contribution >= 0.6 is 0 Å². The van der Waals surface area contributed by atoms with Gasteiger partial charge in [0.25, 0.3) is 0 Å². The largest absolute Gasteiger partial charge is 0.462 e. The molecule has 5 atom stereocenters. The minimum absolute atomic E-state index is 0.0540. The van der Waals surface area contributed by atoms with Gasteiger partial charge in [0.15, 0.2) is 5.78 Å². The summed E-state index contributed by atoms with van der Waals surface area (Å²) in [6.45, 7) is 10.2. The summed E-state index contributed by atoms with van der Waals surface area (Å²) < 4.78 is 5.92. The van der Waals surface area contributed by atoms with Gasteiger partial charge < -0.3 is 4.74 Å². The second-order valence-corrected chi connectivity index (χ2v) is 10.6. The molecular weight excluding hydrogens is 348 g/mol. The van der Waals surface area contributed by atoms with E-state index in [0.29, 0.717) is 24.2 Å². The van der Waals surface area contributed by atoms with Gasteiger partial charge in [-0.3, -0.25) is 9.59 Å². The average molecular weight is 383 g/mol. The van der Waals surface area contributed by atoms with Gasteiger partial charge in [-0.2, -0.15) is 0 Å². The normalized spacial score (nSPS) is 35.7. The molecule has 1 fully saturated rings. The van der Waals surface area contributed by atoms with Crippen LogP contribution in [0.1, 0.15) is 73.1 Å². The molecule has 0 aromatic rings. The number of esters is 1. The number of carbonyl (C=O) groups excluding carboxylic acids is 2. The summed E-state index contributed by atoms with van der Waals surface area (Å²) in [4.78, 5) is 24.3. The Morgan fingerprint density at radius 1 is 1.14 bits per heavy atom. The van der Waals surface area contributed by atoms with Crippen molar-refractivity contribution in [3.05, 3.63) is 34.9 Å². The van der Waals surface area contributed by atoms with E-state index in [0.717, 1.165) is 25.7 Å². The Morgan fingerprint density at radius 3 is 2.61 bits per heavy atom. The van der Waals surface area contributed by atoms with Crippen molar-refractivity contribution >= 4 is 11.8 Å². The number of ether oxygens (including phenoxy) is 1. The second-order valence-electron chi connectivity index (χ2n) is 10.6. The number of allylic oxidation sites excluding steroid dienone is 6. The minimum atomic E-state index is -0.458. The summed E-state index contributed by atoms with van der Waals surface area (Å²) in [5.74, 6) is 1.66. The van der Waals surface area contributed by atoms with Crippen LogP contribution in [-0.2, 0) is 14.3 Å². The van der Waals surface area contributed by atoms with Crippen molar-refractivity contribution in [1.29, 1.82) is 0 Å². The van der Waals surface area contributed by atoms with Crippen molar-refractivity contribution in [2.24, 2.45) is 28.6 Å². The molecule has 152 valence electrons. The number of fused-ring (bicyclic) bond motifs is 4. The zero-order chi connectivity index (χ0) is 20.3. The summed E-state index contributed by atoms with van der Waals surface area (Å²) in [5, 5.41) is 0. The van der Waals surface area contributed by atoms with Crippen molar-refractivity contribution in [3.8, 4) is 0 Å². The first kappa shape index (κ1) is 19.7. The fraction of sp³-hybridized carbons (Fsp3) is 0.680. The van der Waals surface area contributed by atoms with Crippen LogP contribution in [0.25, 0.3) is 0 Å². The Hall–Kier alpha value is -1.64. The zero-order valence-corrected chi connectivity index (χ0v) is 18.0. The van der Waals surface area contributed by atoms with Gasteiger partial charge in [-0.05, 0) is 94.3 Å². The number of carbonyl (C=O) groups is 2. The summed E-state index contributed by atoms with van der Waals surface area (Å²) >= 11 is 0. The van der Waals surface area contributed by atoms with Crippen LogP contribution in [0.4, 0.5) is 0 Å². The van der Waals surface area contributed by atoms with E-state index < -0.39 is 5.41 Å². The lowest BCUT2D eigenvalue weighted by molar-refractivity contribution is -0.162. The molecule has 0 N–H and O–H groups in total. The highest BCUT2D eigenvalue weighted by atomic mass is 16.5. The maximum absolute atomic E-state index is 12.4. The number of hydrogen-bond donors (Lipinski definition) is 0. The molecule has 4 rings (SSSR count). The van der Waals surface area contributed by atoms with Gasteiger partial charge >= 0.3 is 5.97 Å². The Labute approximate surface area is 169 Å². The SMILES string of the molecule is C[C@H](OC(=O)C(C)(C)C)[C@H]1CCC2=C3C=CC4=CC(=O)CC[C@@H]4[C@H]3CC[C@@]21C. The molecule has 0 unspecified atom stereocenters. The molecule has 0 amide bonds. The molecule has 0 aliphatic heterocycles. The number of ketones is 1. The van der Waals surface area contributed by atoms with E-state index in [4.69, 9.17) is 4.74 Å². The lowest BCUT2D eigenvalue weighted by Crippen LogP contribution is -2.40. The van der Waals surface area contributed by atoms with E-state index in [1.54, 1.807) is 5.57 Å². The molecule has 0 radical (unpaired) electrons. The van der Waals surface area contributed by atoms with Crippen LogP contribution in [0.2, 0.25) is 0 Å². The van der Waals surface area contributed by atoms with E-state index in [1.165, 1.54) is 17.6 Å². The second kappa shape index (κ2) is 6.71. The van der Waals surface area contributed by atoms with Gasteiger partial charge in [-0.25, -0.2) is 0 Å².